The predicted octanol–water partition coefficient (Wildman–Crippen LogP) is 3.22. The summed E-state index contributed by atoms with van der Waals surface area (Å²) in [4.78, 5) is 2.19. The number of halogens is 1. The van der Waals surface area contributed by atoms with Crippen molar-refractivity contribution in [3.8, 4) is 6.07 Å². The Morgan fingerprint density at radius 1 is 1.50 bits per heavy atom. The van der Waals surface area contributed by atoms with Gasteiger partial charge in [0.05, 0.1) is 21.9 Å². The number of benzene rings is 1. The summed E-state index contributed by atoms with van der Waals surface area (Å²) in [6, 6.07) is 7.78. The topological polar surface area (TPSA) is 36.3 Å². The zero-order chi connectivity index (χ0) is 13.2. The van der Waals surface area contributed by atoms with E-state index < -0.39 is 0 Å². The van der Waals surface area contributed by atoms with Crippen molar-refractivity contribution in [1.82, 2.24) is 0 Å². The fourth-order valence-electron chi connectivity index (χ4n) is 2.46. The van der Waals surface area contributed by atoms with Gasteiger partial charge in [-0.3, -0.25) is 0 Å². The first-order chi connectivity index (χ1) is 8.59. The van der Waals surface area contributed by atoms with E-state index in [4.69, 9.17) is 16.3 Å². The average molecular weight is 265 g/mol. The van der Waals surface area contributed by atoms with Crippen LogP contribution in [0.3, 0.4) is 0 Å². The Bertz CT molecular complexity index is 483. The van der Waals surface area contributed by atoms with E-state index in [0.717, 1.165) is 31.6 Å². The van der Waals surface area contributed by atoms with E-state index in [9.17, 15) is 5.26 Å². The maximum Gasteiger partial charge on any atom is 0.103 e. The highest BCUT2D eigenvalue weighted by molar-refractivity contribution is 6.32. The summed E-state index contributed by atoms with van der Waals surface area (Å²) in [7, 11) is 1.74. The highest BCUT2D eigenvalue weighted by atomic mass is 35.5. The summed E-state index contributed by atoms with van der Waals surface area (Å²) in [5.41, 5.74) is 1.32. The molecule has 2 rings (SSSR count). The summed E-state index contributed by atoms with van der Waals surface area (Å²) in [6.07, 6.45) is 2.10. The van der Waals surface area contributed by atoms with Gasteiger partial charge >= 0.3 is 0 Å². The van der Waals surface area contributed by atoms with Crippen molar-refractivity contribution >= 4 is 17.3 Å². The van der Waals surface area contributed by atoms with Gasteiger partial charge in [0.1, 0.15) is 6.07 Å². The first kappa shape index (κ1) is 13.2. The molecule has 1 fully saturated rings. The molecule has 0 spiro atoms. The van der Waals surface area contributed by atoms with Crippen LogP contribution in [0.1, 0.15) is 25.3 Å². The minimum Gasteiger partial charge on any atom is -0.377 e. The van der Waals surface area contributed by atoms with Crippen LogP contribution in [-0.4, -0.2) is 25.8 Å². The number of methoxy groups -OCH3 is 1. The quantitative estimate of drug-likeness (QED) is 0.823. The smallest absolute Gasteiger partial charge is 0.103 e. The molecule has 0 aliphatic carbocycles. The Morgan fingerprint density at radius 2 is 2.28 bits per heavy atom. The van der Waals surface area contributed by atoms with Crippen LogP contribution in [-0.2, 0) is 4.74 Å². The third-order valence-corrected chi connectivity index (χ3v) is 3.91. The van der Waals surface area contributed by atoms with Crippen LogP contribution < -0.4 is 4.90 Å². The molecule has 1 aliphatic rings. The zero-order valence-electron chi connectivity index (χ0n) is 10.7. The van der Waals surface area contributed by atoms with Crippen LogP contribution >= 0.6 is 11.6 Å². The lowest BCUT2D eigenvalue weighted by atomic mass is 9.94. The summed E-state index contributed by atoms with van der Waals surface area (Å²) in [6.45, 7) is 3.84. The van der Waals surface area contributed by atoms with E-state index in [1.165, 1.54) is 0 Å². The number of nitrogens with zero attached hydrogens (tertiary/aromatic N) is 2. The van der Waals surface area contributed by atoms with Gasteiger partial charge in [0.15, 0.2) is 0 Å². The van der Waals surface area contributed by atoms with E-state index in [0.29, 0.717) is 10.6 Å². The average Bonchev–Trinajstić information content (AvgIpc) is 2.38. The van der Waals surface area contributed by atoms with Gasteiger partial charge in [-0.1, -0.05) is 17.7 Å². The number of anilines is 1. The molecule has 1 aliphatic heterocycles. The SMILES string of the molecule is COC1(C)CCCN(c2cccc(Cl)c2C#N)C1. The molecule has 1 aromatic rings. The lowest BCUT2D eigenvalue weighted by molar-refractivity contribution is -0.00466. The van der Waals surface area contributed by atoms with Crippen LogP contribution in [0.15, 0.2) is 18.2 Å². The Kier molecular flexibility index (Phi) is 3.79. The maximum absolute atomic E-state index is 9.22. The van der Waals surface area contributed by atoms with Crippen LogP contribution in [0.25, 0.3) is 0 Å². The highest BCUT2D eigenvalue weighted by Gasteiger charge is 2.31. The fraction of sp³-hybridized carbons (Fsp3) is 0.500. The monoisotopic (exact) mass is 264 g/mol. The van der Waals surface area contributed by atoms with Crippen LogP contribution in [0.5, 0.6) is 0 Å². The van der Waals surface area contributed by atoms with Gasteiger partial charge in [-0.15, -0.1) is 0 Å². The lowest BCUT2D eigenvalue weighted by Gasteiger charge is -2.41. The molecular weight excluding hydrogens is 248 g/mol. The van der Waals surface area contributed by atoms with Crippen molar-refractivity contribution in [3.63, 3.8) is 0 Å². The molecule has 0 radical (unpaired) electrons. The third kappa shape index (κ3) is 2.45. The molecule has 96 valence electrons. The van der Waals surface area contributed by atoms with Crippen molar-refractivity contribution < 1.29 is 4.74 Å². The first-order valence-corrected chi connectivity index (χ1v) is 6.46. The maximum atomic E-state index is 9.22. The molecule has 0 aromatic heterocycles. The van der Waals surface area contributed by atoms with Gasteiger partial charge in [-0.2, -0.15) is 5.26 Å². The number of nitriles is 1. The summed E-state index contributed by atoms with van der Waals surface area (Å²) in [5.74, 6) is 0. The van der Waals surface area contributed by atoms with E-state index in [1.54, 1.807) is 13.2 Å². The second kappa shape index (κ2) is 5.17. The van der Waals surface area contributed by atoms with Gasteiger partial charge in [0.25, 0.3) is 0 Å². The van der Waals surface area contributed by atoms with E-state index in [1.807, 2.05) is 12.1 Å². The largest absolute Gasteiger partial charge is 0.377 e. The lowest BCUT2D eigenvalue weighted by Crippen LogP contribution is -2.47. The van der Waals surface area contributed by atoms with Gasteiger partial charge in [0.2, 0.25) is 0 Å². The number of rotatable bonds is 2. The van der Waals surface area contributed by atoms with Crippen molar-refractivity contribution in [3.05, 3.63) is 28.8 Å². The summed E-state index contributed by atoms with van der Waals surface area (Å²) >= 11 is 6.07. The molecule has 0 amide bonds. The van der Waals surface area contributed by atoms with Crippen molar-refractivity contribution in [2.24, 2.45) is 0 Å². The normalized spacial score (nSPS) is 23.8. The van der Waals surface area contributed by atoms with Crippen molar-refractivity contribution in [2.75, 3.05) is 25.1 Å². The molecule has 3 nitrogen and oxygen atoms in total. The highest BCUT2D eigenvalue weighted by Crippen LogP contribution is 2.32. The van der Waals surface area contributed by atoms with Crippen LogP contribution in [0.2, 0.25) is 5.02 Å². The minimum absolute atomic E-state index is 0.146. The minimum atomic E-state index is -0.146. The van der Waals surface area contributed by atoms with Crippen LogP contribution in [0, 0.1) is 11.3 Å². The van der Waals surface area contributed by atoms with Crippen molar-refractivity contribution in [2.45, 2.75) is 25.4 Å². The Labute approximate surface area is 113 Å². The van der Waals surface area contributed by atoms with Gasteiger partial charge < -0.3 is 9.64 Å². The predicted molar refractivity (Wildman–Crippen MR) is 73.0 cm³/mol. The third-order valence-electron chi connectivity index (χ3n) is 3.60. The molecule has 0 bridgehead atoms. The fourth-order valence-corrected chi connectivity index (χ4v) is 2.68. The van der Waals surface area contributed by atoms with Crippen molar-refractivity contribution in [1.29, 1.82) is 5.26 Å². The van der Waals surface area contributed by atoms with Gasteiger partial charge in [0, 0.05) is 20.2 Å². The van der Waals surface area contributed by atoms with E-state index >= 15 is 0 Å². The van der Waals surface area contributed by atoms with Gasteiger partial charge in [-0.05, 0) is 31.9 Å². The van der Waals surface area contributed by atoms with Gasteiger partial charge in [-0.25, -0.2) is 0 Å². The molecule has 1 atom stereocenters. The molecule has 0 saturated carbocycles. The molecule has 1 saturated heterocycles. The second-order valence-electron chi connectivity index (χ2n) is 4.92. The molecule has 1 unspecified atom stereocenters. The van der Waals surface area contributed by atoms with Crippen LogP contribution in [0.4, 0.5) is 5.69 Å². The number of piperidine rings is 1. The molecule has 0 N–H and O–H groups in total. The number of hydrogen-bond donors (Lipinski definition) is 0. The van der Waals surface area contributed by atoms with E-state index in [2.05, 4.69) is 17.9 Å². The molecule has 4 heteroatoms. The second-order valence-corrected chi connectivity index (χ2v) is 5.33. The molecular formula is C14H17ClN2O. The summed E-state index contributed by atoms with van der Waals surface area (Å²) in [5, 5.41) is 9.74. The number of hydrogen-bond acceptors (Lipinski definition) is 3. The Hall–Kier alpha value is -1.24. The summed E-state index contributed by atoms with van der Waals surface area (Å²) < 4.78 is 5.58. The zero-order valence-corrected chi connectivity index (χ0v) is 11.5. The van der Waals surface area contributed by atoms with E-state index in [-0.39, 0.29) is 5.60 Å². The number of ether oxygens (including phenoxy) is 1. The molecule has 1 aromatic carbocycles. The molecule has 1 heterocycles. The Balaban J connectivity index is 2.32. The first-order valence-electron chi connectivity index (χ1n) is 6.08. The molecule has 18 heavy (non-hydrogen) atoms. The standard InChI is InChI=1S/C14H17ClN2O/c1-14(18-2)7-4-8-17(10-14)13-6-3-5-12(15)11(13)9-16/h3,5-6H,4,7-8,10H2,1-2H3. The Morgan fingerprint density at radius 3 is 2.94 bits per heavy atom.